The van der Waals surface area contributed by atoms with Crippen molar-refractivity contribution in [2.24, 2.45) is 14.1 Å². The van der Waals surface area contributed by atoms with Crippen LogP contribution in [-0.4, -0.2) is 40.2 Å². The summed E-state index contributed by atoms with van der Waals surface area (Å²) in [6.45, 7) is 3.11. The van der Waals surface area contributed by atoms with Gasteiger partial charge >= 0.3 is 5.69 Å². The van der Waals surface area contributed by atoms with Gasteiger partial charge in [-0.2, -0.15) is 5.26 Å². The van der Waals surface area contributed by atoms with E-state index >= 15 is 0 Å². The Morgan fingerprint density at radius 2 is 1.77 bits per heavy atom. The smallest absolute Gasteiger partial charge is 0.330 e. The van der Waals surface area contributed by atoms with Crippen molar-refractivity contribution in [1.82, 2.24) is 14.0 Å². The Hall–Kier alpha value is -2.92. The standard InChI is InChI=1S/C18H20FN5O2/c1-21-14(10-17(25)22(2)18(21)26)12-23-5-7-24(8-6-23)16-4-3-13(11-20)9-15(16)19/h3-4,9-10H,5-8,12H2,1-2H3. The van der Waals surface area contributed by atoms with Crippen LogP contribution in [0.3, 0.4) is 0 Å². The average molecular weight is 357 g/mol. The molecule has 1 aromatic carbocycles. The molecule has 136 valence electrons. The maximum absolute atomic E-state index is 14.2. The fraction of sp³-hybridized carbons (Fsp3) is 0.389. The Kier molecular flexibility index (Phi) is 4.91. The second kappa shape index (κ2) is 7.14. The van der Waals surface area contributed by atoms with Crippen LogP contribution in [0.2, 0.25) is 0 Å². The van der Waals surface area contributed by atoms with Crippen LogP contribution >= 0.6 is 0 Å². The van der Waals surface area contributed by atoms with Gasteiger partial charge in [0, 0.05) is 58.6 Å². The summed E-state index contributed by atoms with van der Waals surface area (Å²) in [6.07, 6.45) is 0. The fourth-order valence-electron chi connectivity index (χ4n) is 3.14. The van der Waals surface area contributed by atoms with Gasteiger partial charge in [-0.25, -0.2) is 9.18 Å². The Labute approximate surface area is 150 Å². The van der Waals surface area contributed by atoms with Gasteiger partial charge in [0.15, 0.2) is 0 Å². The first-order valence-corrected chi connectivity index (χ1v) is 8.33. The Morgan fingerprint density at radius 3 is 2.38 bits per heavy atom. The summed E-state index contributed by atoms with van der Waals surface area (Å²) in [6, 6.07) is 7.90. The minimum absolute atomic E-state index is 0.302. The van der Waals surface area contributed by atoms with E-state index in [1.165, 1.54) is 23.7 Å². The number of nitrogens with zero attached hydrogens (tertiary/aromatic N) is 5. The molecule has 0 N–H and O–H groups in total. The highest BCUT2D eigenvalue weighted by atomic mass is 19.1. The summed E-state index contributed by atoms with van der Waals surface area (Å²) in [5.41, 5.74) is 0.796. The van der Waals surface area contributed by atoms with Gasteiger partial charge in [0.05, 0.1) is 17.3 Å². The molecule has 2 aromatic rings. The van der Waals surface area contributed by atoms with Crippen LogP contribution in [0.1, 0.15) is 11.3 Å². The third-order valence-electron chi connectivity index (χ3n) is 4.80. The summed E-state index contributed by atoms with van der Waals surface area (Å²) in [5.74, 6) is -0.397. The average Bonchev–Trinajstić information content (AvgIpc) is 2.65. The molecule has 0 radical (unpaired) electrons. The molecule has 7 nitrogen and oxygen atoms in total. The lowest BCUT2D eigenvalue weighted by atomic mass is 10.1. The van der Waals surface area contributed by atoms with Crippen molar-refractivity contribution in [3.63, 3.8) is 0 Å². The number of benzene rings is 1. The molecule has 1 aliphatic heterocycles. The first-order chi connectivity index (χ1) is 12.4. The molecule has 0 bridgehead atoms. The van der Waals surface area contributed by atoms with Crippen LogP contribution in [0.25, 0.3) is 0 Å². The SMILES string of the molecule is Cn1c(CN2CCN(c3ccc(C#N)cc3F)CC2)cc(=O)n(C)c1=O. The van der Waals surface area contributed by atoms with E-state index in [4.69, 9.17) is 5.26 Å². The highest BCUT2D eigenvalue weighted by molar-refractivity contribution is 5.51. The zero-order chi connectivity index (χ0) is 18.8. The van der Waals surface area contributed by atoms with Crippen molar-refractivity contribution in [2.75, 3.05) is 31.1 Å². The number of halogens is 1. The van der Waals surface area contributed by atoms with Gasteiger partial charge in [-0.15, -0.1) is 0 Å². The van der Waals surface area contributed by atoms with Gasteiger partial charge in [0.25, 0.3) is 5.56 Å². The summed E-state index contributed by atoms with van der Waals surface area (Å²) < 4.78 is 16.7. The molecule has 0 aliphatic carbocycles. The predicted octanol–water partition coefficient (Wildman–Crippen LogP) is 0.417. The second-order valence-electron chi connectivity index (χ2n) is 6.42. The quantitative estimate of drug-likeness (QED) is 0.796. The molecule has 0 atom stereocenters. The monoisotopic (exact) mass is 357 g/mol. The molecular formula is C18H20FN5O2. The van der Waals surface area contributed by atoms with Gasteiger partial charge in [-0.3, -0.25) is 18.8 Å². The van der Waals surface area contributed by atoms with Gasteiger partial charge < -0.3 is 4.90 Å². The number of rotatable bonds is 3. The topological polar surface area (TPSA) is 74.3 Å². The molecule has 1 fully saturated rings. The summed E-state index contributed by atoms with van der Waals surface area (Å²) in [5, 5.41) is 8.83. The van der Waals surface area contributed by atoms with E-state index in [1.807, 2.05) is 11.0 Å². The number of aromatic nitrogens is 2. The van der Waals surface area contributed by atoms with Crippen LogP contribution in [-0.2, 0) is 20.6 Å². The Balaban J connectivity index is 1.69. The highest BCUT2D eigenvalue weighted by Crippen LogP contribution is 2.22. The first kappa shape index (κ1) is 17.9. The maximum Gasteiger partial charge on any atom is 0.330 e. The molecule has 2 heterocycles. The van der Waals surface area contributed by atoms with Crippen molar-refractivity contribution < 1.29 is 4.39 Å². The van der Waals surface area contributed by atoms with Crippen molar-refractivity contribution in [3.05, 3.63) is 62.2 Å². The lowest BCUT2D eigenvalue weighted by Gasteiger charge is -2.36. The lowest BCUT2D eigenvalue weighted by Crippen LogP contribution is -2.47. The molecular weight excluding hydrogens is 337 g/mol. The molecule has 0 unspecified atom stereocenters. The van der Waals surface area contributed by atoms with Crippen molar-refractivity contribution in [1.29, 1.82) is 5.26 Å². The summed E-state index contributed by atoms with van der Waals surface area (Å²) >= 11 is 0. The van der Waals surface area contributed by atoms with Crippen molar-refractivity contribution in [3.8, 4) is 6.07 Å². The number of anilines is 1. The third kappa shape index (κ3) is 3.39. The number of piperazine rings is 1. The van der Waals surface area contributed by atoms with E-state index in [9.17, 15) is 14.0 Å². The van der Waals surface area contributed by atoms with Crippen LogP contribution in [0.4, 0.5) is 10.1 Å². The van der Waals surface area contributed by atoms with E-state index in [-0.39, 0.29) is 11.2 Å². The fourth-order valence-corrected chi connectivity index (χ4v) is 3.14. The highest BCUT2D eigenvalue weighted by Gasteiger charge is 2.21. The van der Waals surface area contributed by atoms with E-state index in [0.717, 1.165) is 4.57 Å². The zero-order valence-corrected chi connectivity index (χ0v) is 14.8. The predicted molar refractivity (Wildman–Crippen MR) is 95.5 cm³/mol. The molecule has 26 heavy (non-hydrogen) atoms. The molecule has 0 spiro atoms. The van der Waals surface area contributed by atoms with Gasteiger partial charge in [-0.1, -0.05) is 0 Å². The molecule has 0 amide bonds. The summed E-state index contributed by atoms with van der Waals surface area (Å²) in [4.78, 5) is 27.9. The van der Waals surface area contributed by atoms with Gasteiger partial charge in [0.2, 0.25) is 0 Å². The first-order valence-electron chi connectivity index (χ1n) is 8.33. The number of nitriles is 1. The molecule has 8 heteroatoms. The van der Waals surface area contributed by atoms with E-state index in [0.29, 0.717) is 49.7 Å². The number of hydrogen-bond acceptors (Lipinski definition) is 5. The summed E-state index contributed by atoms with van der Waals surface area (Å²) in [7, 11) is 3.11. The normalized spacial score (nSPS) is 15.1. The Bertz CT molecular complexity index is 981. The Morgan fingerprint density at radius 1 is 1.08 bits per heavy atom. The molecule has 1 aromatic heterocycles. The van der Waals surface area contributed by atoms with Crippen LogP contribution in [0, 0.1) is 17.1 Å². The van der Waals surface area contributed by atoms with Crippen LogP contribution < -0.4 is 16.1 Å². The largest absolute Gasteiger partial charge is 0.367 e. The van der Waals surface area contributed by atoms with E-state index < -0.39 is 5.82 Å². The van der Waals surface area contributed by atoms with Gasteiger partial charge in [-0.05, 0) is 18.2 Å². The number of hydrogen-bond donors (Lipinski definition) is 0. The van der Waals surface area contributed by atoms with Crippen molar-refractivity contribution >= 4 is 5.69 Å². The molecule has 1 aliphatic rings. The van der Waals surface area contributed by atoms with Crippen LogP contribution in [0.15, 0.2) is 33.9 Å². The minimum Gasteiger partial charge on any atom is -0.367 e. The van der Waals surface area contributed by atoms with E-state index in [2.05, 4.69) is 4.90 Å². The van der Waals surface area contributed by atoms with Crippen molar-refractivity contribution in [2.45, 2.75) is 6.54 Å². The third-order valence-corrected chi connectivity index (χ3v) is 4.80. The zero-order valence-electron chi connectivity index (χ0n) is 14.8. The van der Waals surface area contributed by atoms with Crippen LogP contribution in [0.5, 0.6) is 0 Å². The second-order valence-corrected chi connectivity index (χ2v) is 6.42. The molecule has 3 rings (SSSR count). The van der Waals surface area contributed by atoms with Gasteiger partial charge in [0.1, 0.15) is 5.82 Å². The minimum atomic E-state index is -0.397. The maximum atomic E-state index is 14.2. The molecule has 1 saturated heterocycles. The van der Waals surface area contributed by atoms with E-state index in [1.54, 1.807) is 19.2 Å². The lowest BCUT2D eigenvalue weighted by molar-refractivity contribution is 0.242. The molecule has 0 saturated carbocycles.